The molecule has 4 nitrogen and oxygen atoms in total. The van der Waals surface area contributed by atoms with Crippen molar-refractivity contribution in [2.24, 2.45) is 0 Å². The van der Waals surface area contributed by atoms with E-state index < -0.39 is 5.97 Å². The number of ether oxygens (including phenoxy) is 2. The molecule has 0 bridgehead atoms. The number of benzene rings is 2. The third-order valence-electron chi connectivity index (χ3n) is 6.36. The smallest absolute Gasteiger partial charge is 0.304 e. The van der Waals surface area contributed by atoms with Crippen LogP contribution in [0, 0.1) is 0 Å². The summed E-state index contributed by atoms with van der Waals surface area (Å²) in [5.41, 5.74) is 5.36. The molecule has 4 heteroatoms. The molecular weight excluding hydrogens is 340 g/mol. The van der Waals surface area contributed by atoms with Gasteiger partial charge in [-0.05, 0) is 54.4 Å². The summed E-state index contributed by atoms with van der Waals surface area (Å²) in [6.45, 7) is 0.433. The van der Waals surface area contributed by atoms with E-state index in [1.165, 1.54) is 30.4 Å². The largest absolute Gasteiger partial charge is 0.492 e. The quantitative estimate of drug-likeness (QED) is 0.814. The lowest BCUT2D eigenvalue weighted by atomic mass is 9.77. The highest BCUT2D eigenvalue weighted by atomic mass is 16.5. The van der Waals surface area contributed by atoms with E-state index in [2.05, 4.69) is 18.2 Å². The molecule has 1 saturated carbocycles. The van der Waals surface area contributed by atoms with Gasteiger partial charge in [-0.15, -0.1) is 0 Å². The second-order valence-corrected chi connectivity index (χ2v) is 7.99. The topological polar surface area (TPSA) is 55.8 Å². The standard InChI is InChI=1S/C23H24O4/c24-23(25)11-15-13-26-22-12-16(7-8-18(15)22)27-21-10-9-19-17(14-3-1-4-14)5-2-6-20(19)21/h2,5-8,12,14-15,21H,1,3-4,9-11,13H2,(H,24,25)/t15-,21-/m1/s1. The summed E-state index contributed by atoms with van der Waals surface area (Å²) < 4.78 is 12.0. The minimum absolute atomic E-state index is 0.0659. The van der Waals surface area contributed by atoms with E-state index in [0.29, 0.717) is 6.61 Å². The van der Waals surface area contributed by atoms with Gasteiger partial charge >= 0.3 is 5.97 Å². The summed E-state index contributed by atoms with van der Waals surface area (Å²) in [5, 5.41) is 9.04. The number of carboxylic acid groups (broad SMARTS) is 1. The third-order valence-corrected chi connectivity index (χ3v) is 6.36. The predicted molar refractivity (Wildman–Crippen MR) is 102 cm³/mol. The predicted octanol–water partition coefficient (Wildman–Crippen LogP) is 4.97. The Morgan fingerprint density at radius 3 is 2.74 bits per heavy atom. The van der Waals surface area contributed by atoms with Crippen LogP contribution in [-0.4, -0.2) is 17.7 Å². The zero-order chi connectivity index (χ0) is 18.4. The fraction of sp³-hybridized carbons (Fsp3) is 0.435. The van der Waals surface area contributed by atoms with E-state index in [9.17, 15) is 4.79 Å². The molecule has 2 aromatic carbocycles. The molecule has 1 N–H and O–H groups in total. The van der Waals surface area contributed by atoms with Crippen LogP contribution in [0.2, 0.25) is 0 Å². The second kappa shape index (κ2) is 6.59. The summed E-state index contributed by atoms with van der Waals surface area (Å²) in [5.74, 6) is 1.46. The molecule has 27 heavy (non-hydrogen) atoms. The second-order valence-electron chi connectivity index (χ2n) is 7.99. The monoisotopic (exact) mass is 364 g/mol. The molecule has 2 aromatic rings. The van der Waals surface area contributed by atoms with Gasteiger partial charge in [-0.2, -0.15) is 0 Å². The maximum atomic E-state index is 11.0. The van der Waals surface area contributed by atoms with E-state index >= 15 is 0 Å². The first-order chi connectivity index (χ1) is 13.2. The molecule has 2 atom stereocenters. The lowest BCUT2D eigenvalue weighted by Gasteiger charge is -2.28. The van der Waals surface area contributed by atoms with Crippen LogP contribution >= 0.6 is 0 Å². The molecule has 5 rings (SSSR count). The molecule has 0 radical (unpaired) electrons. The Kier molecular flexibility index (Phi) is 4.07. The van der Waals surface area contributed by atoms with Gasteiger partial charge in [0.2, 0.25) is 0 Å². The molecule has 1 aliphatic heterocycles. The number of hydrogen-bond acceptors (Lipinski definition) is 3. The van der Waals surface area contributed by atoms with Gasteiger partial charge in [0, 0.05) is 17.5 Å². The highest BCUT2D eigenvalue weighted by Gasteiger charge is 2.31. The summed E-state index contributed by atoms with van der Waals surface area (Å²) in [6, 6.07) is 12.5. The van der Waals surface area contributed by atoms with Gasteiger partial charge in [0.25, 0.3) is 0 Å². The molecule has 140 valence electrons. The summed E-state index contributed by atoms with van der Waals surface area (Å²) in [6.07, 6.45) is 6.30. The number of aliphatic carboxylic acids is 1. The van der Waals surface area contributed by atoms with Crippen molar-refractivity contribution < 1.29 is 19.4 Å². The zero-order valence-corrected chi connectivity index (χ0v) is 15.3. The summed E-state index contributed by atoms with van der Waals surface area (Å²) in [4.78, 5) is 11.0. The molecule has 0 spiro atoms. The van der Waals surface area contributed by atoms with Crippen LogP contribution in [-0.2, 0) is 11.2 Å². The van der Waals surface area contributed by atoms with Crippen molar-refractivity contribution in [3.8, 4) is 11.5 Å². The van der Waals surface area contributed by atoms with Gasteiger partial charge in [-0.25, -0.2) is 0 Å². The van der Waals surface area contributed by atoms with Crippen LogP contribution in [0.3, 0.4) is 0 Å². The number of carbonyl (C=O) groups is 1. The van der Waals surface area contributed by atoms with E-state index in [4.69, 9.17) is 14.6 Å². The van der Waals surface area contributed by atoms with Gasteiger partial charge in [-0.1, -0.05) is 30.7 Å². The van der Waals surface area contributed by atoms with Crippen LogP contribution in [0.25, 0.3) is 0 Å². The summed E-state index contributed by atoms with van der Waals surface area (Å²) >= 11 is 0. The van der Waals surface area contributed by atoms with Crippen LogP contribution in [0.5, 0.6) is 11.5 Å². The average Bonchev–Trinajstić information content (AvgIpc) is 3.18. The van der Waals surface area contributed by atoms with Gasteiger partial charge in [0.15, 0.2) is 0 Å². The normalized spacial score (nSPS) is 23.3. The van der Waals surface area contributed by atoms with Gasteiger partial charge < -0.3 is 14.6 Å². The van der Waals surface area contributed by atoms with E-state index in [0.717, 1.165) is 35.8 Å². The first-order valence-electron chi connectivity index (χ1n) is 9.96. The fourth-order valence-corrected chi connectivity index (χ4v) is 4.74. The first-order valence-corrected chi connectivity index (χ1v) is 9.96. The fourth-order valence-electron chi connectivity index (χ4n) is 4.74. The van der Waals surface area contributed by atoms with Crippen LogP contribution in [0.4, 0.5) is 0 Å². The number of hydrogen-bond donors (Lipinski definition) is 1. The van der Waals surface area contributed by atoms with Crippen molar-refractivity contribution in [2.45, 2.75) is 56.5 Å². The minimum Gasteiger partial charge on any atom is -0.492 e. The maximum Gasteiger partial charge on any atom is 0.304 e. The molecule has 2 aliphatic carbocycles. The van der Waals surface area contributed by atoms with Crippen molar-refractivity contribution in [3.05, 3.63) is 58.7 Å². The van der Waals surface area contributed by atoms with Gasteiger partial charge in [0.05, 0.1) is 13.0 Å². The lowest BCUT2D eigenvalue weighted by Crippen LogP contribution is -2.11. The van der Waals surface area contributed by atoms with Crippen molar-refractivity contribution in [2.75, 3.05) is 6.61 Å². The van der Waals surface area contributed by atoms with E-state index in [1.54, 1.807) is 5.56 Å². The van der Waals surface area contributed by atoms with Crippen molar-refractivity contribution >= 4 is 5.97 Å². The van der Waals surface area contributed by atoms with Crippen LogP contribution in [0.1, 0.15) is 72.3 Å². The minimum atomic E-state index is -0.790. The van der Waals surface area contributed by atoms with Crippen LogP contribution in [0.15, 0.2) is 36.4 Å². The molecule has 1 heterocycles. The number of fused-ring (bicyclic) bond motifs is 2. The molecule has 0 saturated heterocycles. The third kappa shape index (κ3) is 2.97. The number of rotatable bonds is 5. The SMILES string of the molecule is O=C(O)C[C@@H]1COc2cc(O[C@@H]3CCc4c(C5CCC5)cccc43)ccc21. The Hall–Kier alpha value is -2.49. The van der Waals surface area contributed by atoms with Crippen molar-refractivity contribution in [1.29, 1.82) is 0 Å². The van der Waals surface area contributed by atoms with Crippen molar-refractivity contribution in [1.82, 2.24) is 0 Å². The highest BCUT2D eigenvalue weighted by molar-refractivity contribution is 5.68. The lowest BCUT2D eigenvalue weighted by molar-refractivity contribution is -0.137. The average molecular weight is 364 g/mol. The molecule has 0 unspecified atom stereocenters. The molecule has 1 fully saturated rings. The number of carboxylic acids is 1. The zero-order valence-electron chi connectivity index (χ0n) is 15.3. The maximum absolute atomic E-state index is 11.0. The Labute approximate surface area is 159 Å². The molecule has 3 aliphatic rings. The Bertz CT molecular complexity index is 884. The Morgan fingerprint density at radius 2 is 1.96 bits per heavy atom. The Balaban J connectivity index is 1.35. The van der Waals surface area contributed by atoms with Crippen LogP contribution < -0.4 is 9.47 Å². The summed E-state index contributed by atoms with van der Waals surface area (Å²) in [7, 11) is 0. The van der Waals surface area contributed by atoms with Crippen molar-refractivity contribution in [3.63, 3.8) is 0 Å². The Morgan fingerprint density at radius 1 is 1.11 bits per heavy atom. The van der Waals surface area contributed by atoms with Gasteiger partial charge in [-0.3, -0.25) is 4.79 Å². The van der Waals surface area contributed by atoms with E-state index in [-0.39, 0.29) is 18.4 Å². The molecular formula is C23H24O4. The first kappa shape index (κ1) is 16.7. The molecule has 0 amide bonds. The molecule has 0 aromatic heterocycles. The van der Waals surface area contributed by atoms with E-state index in [1.807, 2.05) is 18.2 Å². The van der Waals surface area contributed by atoms with Gasteiger partial charge in [0.1, 0.15) is 17.6 Å². The highest BCUT2D eigenvalue weighted by Crippen LogP contribution is 2.45.